The molecule has 0 saturated carbocycles. The van der Waals surface area contributed by atoms with Crippen molar-refractivity contribution < 1.29 is 4.84 Å². The van der Waals surface area contributed by atoms with E-state index in [-0.39, 0.29) is 11.6 Å². The molecule has 0 bridgehead atoms. The zero-order chi connectivity index (χ0) is 18.1. The van der Waals surface area contributed by atoms with Crippen molar-refractivity contribution in [3.63, 3.8) is 0 Å². The van der Waals surface area contributed by atoms with Crippen molar-refractivity contribution in [3.8, 4) is 0 Å². The van der Waals surface area contributed by atoms with Crippen molar-refractivity contribution in [3.05, 3.63) is 89.0 Å². The Hall–Kier alpha value is -2.14. The van der Waals surface area contributed by atoms with Gasteiger partial charge >= 0.3 is 0 Å². The number of imidazole rings is 1. The maximum atomic E-state index is 6.30. The number of benzene rings is 2. The molecule has 3 aromatic rings. The summed E-state index contributed by atoms with van der Waals surface area (Å²) in [6, 6.07) is 16.7. The van der Waals surface area contributed by atoms with Crippen LogP contribution in [0.15, 0.2) is 67.3 Å². The van der Waals surface area contributed by atoms with Crippen molar-refractivity contribution in [2.45, 2.75) is 31.5 Å². The summed E-state index contributed by atoms with van der Waals surface area (Å²) in [4.78, 5) is 10.5. The van der Waals surface area contributed by atoms with Crippen LogP contribution in [-0.2, 0) is 16.9 Å². The highest BCUT2D eigenvalue weighted by atomic mass is 35.5. The summed E-state index contributed by atoms with van der Waals surface area (Å²) in [6.45, 7) is 2.86. The Morgan fingerprint density at radius 3 is 2.54 bits per heavy atom. The molecule has 26 heavy (non-hydrogen) atoms. The van der Waals surface area contributed by atoms with Gasteiger partial charge in [0, 0.05) is 37.4 Å². The van der Waals surface area contributed by atoms with Gasteiger partial charge in [0.2, 0.25) is 0 Å². The van der Waals surface area contributed by atoms with Crippen LogP contribution in [0.2, 0.25) is 5.02 Å². The van der Waals surface area contributed by atoms with E-state index in [0.29, 0.717) is 0 Å². The molecule has 1 aliphatic heterocycles. The van der Waals surface area contributed by atoms with Gasteiger partial charge in [0.05, 0.1) is 11.9 Å². The number of rotatable bonds is 4. The van der Waals surface area contributed by atoms with E-state index in [4.69, 9.17) is 16.4 Å². The predicted octanol–water partition coefficient (Wildman–Crippen LogP) is 4.75. The minimum Gasteiger partial charge on any atom is -0.335 e. The minimum atomic E-state index is -0.291. The van der Waals surface area contributed by atoms with Gasteiger partial charge in [-0.25, -0.2) is 4.98 Å². The summed E-state index contributed by atoms with van der Waals surface area (Å²) in [7, 11) is 2.01. The number of aromatic nitrogens is 2. The van der Waals surface area contributed by atoms with E-state index in [1.54, 1.807) is 0 Å². The van der Waals surface area contributed by atoms with Crippen LogP contribution in [0.25, 0.3) is 0 Å². The highest BCUT2D eigenvalue weighted by Crippen LogP contribution is 2.47. The average Bonchev–Trinajstić information content (AvgIpc) is 3.25. The van der Waals surface area contributed by atoms with Gasteiger partial charge in [0.15, 0.2) is 0 Å². The molecule has 1 aliphatic rings. The van der Waals surface area contributed by atoms with E-state index in [0.717, 1.165) is 18.0 Å². The zero-order valence-electron chi connectivity index (χ0n) is 15.0. The monoisotopic (exact) mass is 367 g/mol. The van der Waals surface area contributed by atoms with Crippen LogP contribution in [0, 0.1) is 6.92 Å². The van der Waals surface area contributed by atoms with Gasteiger partial charge < -0.3 is 4.57 Å². The number of aryl methyl sites for hydroxylation is 1. The number of nitrogens with zero attached hydrogens (tertiary/aromatic N) is 3. The van der Waals surface area contributed by atoms with Crippen molar-refractivity contribution in [1.82, 2.24) is 14.6 Å². The number of hydrogen-bond acceptors (Lipinski definition) is 3. The van der Waals surface area contributed by atoms with Crippen LogP contribution in [-0.4, -0.2) is 21.7 Å². The normalized spacial score (nSPS) is 23.4. The molecule has 0 spiro atoms. The third kappa shape index (κ3) is 3.16. The van der Waals surface area contributed by atoms with E-state index in [1.807, 2.05) is 43.0 Å². The van der Waals surface area contributed by atoms with Crippen LogP contribution < -0.4 is 0 Å². The van der Waals surface area contributed by atoms with Crippen LogP contribution >= 0.6 is 11.6 Å². The molecule has 2 heterocycles. The molecule has 0 amide bonds. The Kier molecular flexibility index (Phi) is 4.57. The molecule has 4 nitrogen and oxygen atoms in total. The van der Waals surface area contributed by atoms with Gasteiger partial charge in [-0.15, -0.1) is 0 Å². The zero-order valence-corrected chi connectivity index (χ0v) is 15.7. The van der Waals surface area contributed by atoms with Crippen LogP contribution in [0.5, 0.6) is 0 Å². The fraction of sp³-hybridized carbons (Fsp3) is 0.286. The summed E-state index contributed by atoms with van der Waals surface area (Å²) in [5, 5.41) is 2.74. The molecular weight excluding hydrogens is 346 g/mol. The average molecular weight is 368 g/mol. The number of likely N-dealkylation sites (N-methyl/N-ethyl adjacent to an activating group) is 1. The smallest absolute Gasteiger partial charge is 0.107 e. The van der Waals surface area contributed by atoms with Crippen LogP contribution in [0.1, 0.15) is 29.2 Å². The van der Waals surface area contributed by atoms with Crippen molar-refractivity contribution in [2.75, 3.05) is 7.05 Å². The van der Waals surface area contributed by atoms with Gasteiger partial charge in [-0.2, -0.15) is 5.06 Å². The van der Waals surface area contributed by atoms with Gasteiger partial charge in [-0.05, 0) is 30.2 Å². The lowest BCUT2D eigenvalue weighted by Crippen LogP contribution is -2.41. The summed E-state index contributed by atoms with van der Waals surface area (Å²) in [5.41, 5.74) is 3.35. The molecule has 4 rings (SSSR count). The topological polar surface area (TPSA) is 30.3 Å². The first kappa shape index (κ1) is 17.3. The quantitative estimate of drug-likeness (QED) is 0.666. The van der Waals surface area contributed by atoms with E-state index in [2.05, 4.69) is 52.9 Å². The first-order chi connectivity index (χ1) is 12.6. The fourth-order valence-corrected chi connectivity index (χ4v) is 3.85. The Balaban J connectivity index is 1.72. The molecule has 0 aliphatic carbocycles. The molecule has 2 atom stereocenters. The van der Waals surface area contributed by atoms with E-state index >= 15 is 0 Å². The third-order valence-electron chi connectivity index (χ3n) is 5.25. The Morgan fingerprint density at radius 1 is 1.15 bits per heavy atom. The minimum absolute atomic E-state index is 0.0137. The first-order valence-corrected chi connectivity index (χ1v) is 9.14. The molecule has 0 unspecified atom stereocenters. The molecule has 5 heteroatoms. The highest BCUT2D eigenvalue weighted by molar-refractivity contribution is 6.30. The standard InChI is InChI=1S/C21H22ClN3O/c1-16-3-5-17(6-4-16)20-13-21(24(2)26-20,14-25-12-11-23-15-25)18-7-9-19(22)10-8-18/h3-12,15,20H,13-14H2,1-2H3/t20-,21+/m1/s1. The molecule has 1 saturated heterocycles. The summed E-state index contributed by atoms with van der Waals surface area (Å²) < 4.78 is 2.10. The van der Waals surface area contributed by atoms with E-state index < -0.39 is 0 Å². The molecule has 0 radical (unpaired) electrons. The van der Waals surface area contributed by atoms with Crippen LogP contribution in [0.4, 0.5) is 0 Å². The summed E-state index contributed by atoms with van der Waals surface area (Å²) >= 11 is 6.12. The lowest BCUT2D eigenvalue weighted by molar-refractivity contribution is -0.176. The number of halogens is 1. The summed E-state index contributed by atoms with van der Waals surface area (Å²) in [5.74, 6) is 0. The number of hydroxylamine groups is 2. The summed E-state index contributed by atoms with van der Waals surface area (Å²) in [6.07, 6.45) is 6.52. The lowest BCUT2D eigenvalue weighted by Gasteiger charge is -2.34. The van der Waals surface area contributed by atoms with Crippen LogP contribution in [0.3, 0.4) is 0 Å². The van der Waals surface area contributed by atoms with Crippen molar-refractivity contribution >= 4 is 11.6 Å². The molecule has 1 fully saturated rings. The highest BCUT2D eigenvalue weighted by Gasteiger charge is 2.47. The largest absolute Gasteiger partial charge is 0.335 e. The molecular formula is C21H22ClN3O. The van der Waals surface area contributed by atoms with Gasteiger partial charge in [0.25, 0.3) is 0 Å². The SMILES string of the molecule is Cc1ccc([C@H]2C[C@](Cn3ccnc3)(c3ccc(Cl)cc3)N(C)O2)cc1. The van der Waals surface area contributed by atoms with Gasteiger partial charge in [-0.3, -0.25) is 4.84 Å². The maximum absolute atomic E-state index is 6.30. The third-order valence-corrected chi connectivity index (χ3v) is 5.50. The predicted molar refractivity (Wildman–Crippen MR) is 103 cm³/mol. The van der Waals surface area contributed by atoms with Gasteiger partial charge in [0.1, 0.15) is 6.10 Å². The number of hydrogen-bond donors (Lipinski definition) is 0. The Labute approximate surface area is 158 Å². The maximum Gasteiger partial charge on any atom is 0.107 e. The molecule has 0 N–H and O–H groups in total. The first-order valence-electron chi connectivity index (χ1n) is 8.76. The fourth-order valence-electron chi connectivity index (χ4n) is 3.72. The van der Waals surface area contributed by atoms with Crippen molar-refractivity contribution in [2.24, 2.45) is 0 Å². The van der Waals surface area contributed by atoms with Gasteiger partial charge in [-0.1, -0.05) is 53.6 Å². The lowest BCUT2D eigenvalue weighted by atomic mass is 9.83. The Morgan fingerprint density at radius 2 is 1.88 bits per heavy atom. The second-order valence-corrected chi connectivity index (χ2v) is 7.42. The van der Waals surface area contributed by atoms with E-state index in [1.165, 1.54) is 16.7 Å². The van der Waals surface area contributed by atoms with Crippen molar-refractivity contribution in [1.29, 1.82) is 0 Å². The Bertz CT molecular complexity index is 861. The second kappa shape index (κ2) is 6.88. The molecule has 2 aromatic carbocycles. The molecule has 134 valence electrons. The molecule has 1 aromatic heterocycles. The van der Waals surface area contributed by atoms with E-state index in [9.17, 15) is 0 Å². The second-order valence-electron chi connectivity index (χ2n) is 6.98.